The molecule has 0 N–H and O–H groups in total. The lowest BCUT2D eigenvalue weighted by molar-refractivity contribution is -0.136. The second-order valence-electron chi connectivity index (χ2n) is 6.68. The lowest BCUT2D eigenvalue weighted by Gasteiger charge is -2.27. The Bertz CT molecular complexity index is 998. The Morgan fingerprint density at radius 2 is 1.86 bits per heavy atom. The molecule has 2 aromatic carbocycles. The predicted molar refractivity (Wildman–Crippen MR) is 105 cm³/mol. The minimum absolute atomic E-state index is 0.169. The summed E-state index contributed by atoms with van der Waals surface area (Å²) in [5.74, 6) is -1.21. The zero-order chi connectivity index (χ0) is 20.1. The normalized spacial score (nSPS) is 17.2. The number of amides is 1. The maximum atomic E-state index is 12.8. The van der Waals surface area contributed by atoms with Crippen LogP contribution in [0.15, 0.2) is 66.1 Å². The van der Waals surface area contributed by atoms with Gasteiger partial charge in [0.05, 0.1) is 17.4 Å². The number of sulfone groups is 1. The molecule has 28 heavy (non-hydrogen) atoms. The van der Waals surface area contributed by atoms with Crippen LogP contribution in [0.5, 0.6) is 0 Å². The van der Waals surface area contributed by atoms with Crippen molar-refractivity contribution >= 4 is 21.7 Å². The van der Waals surface area contributed by atoms with Crippen LogP contribution in [0.3, 0.4) is 0 Å². The summed E-state index contributed by atoms with van der Waals surface area (Å²) in [6.07, 6.45) is 1.50. The number of carbonyl (C=O) groups is 2. The van der Waals surface area contributed by atoms with Crippen LogP contribution in [0.4, 0.5) is 0 Å². The molecule has 0 aromatic heterocycles. The molecule has 1 heterocycles. The van der Waals surface area contributed by atoms with Crippen LogP contribution in [-0.2, 0) is 25.9 Å². The third-order valence-electron chi connectivity index (χ3n) is 4.41. The van der Waals surface area contributed by atoms with E-state index in [1.54, 1.807) is 18.2 Å². The van der Waals surface area contributed by atoms with Crippen molar-refractivity contribution in [3.8, 4) is 0 Å². The maximum absolute atomic E-state index is 12.8. The van der Waals surface area contributed by atoms with Gasteiger partial charge in [0, 0.05) is 12.0 Å². The molecule has 1 aliphatic heterocycles. The Morgan fingerprint density at radius 1 is 1.11 bits per heavy atom. The van der Waals surface area contributed by atoms with Gasteiger partial charge in [0.25, 0.3) is 5.91 Å². The molecule has 6 nitrogen and oxygen atoms in total. The molecule has 0 bridgehead atoms. The average Bonchev–Trinajstić information content (AvgIpc) is 3.04. The topological polar surface area (TPSA) is 80.8 Å². The second kappa shape index (κ2) is 8.39. The van der Waals surface area contributed by atoms with E-state index in [9.17, 15) is 18.0 Å². The number of aryl methyl sites for hydroxylation is 1. The van der Waals surface area contributed by atoms with Crippen molar-refractivity contribution in [1.82, 2.24) is 4.90 Å². The number of esters is 1. The molecule has 2 aromatic rings. The molecule has 7 heteroatoms. The zero-order valence-electron chi connectivity index (χ0n) is 15.4. The Labute approximate surface area is 164 Å². The first-order chi connectivity index (χ1) is 13.3. The summed E-state index contributed by atoms with van der Waals surface area (Å²) < 4.78 is 28.8. The van der Waals surface area contributed by atoms with E-state index in [-0.39, 0.29) is 12.3 Å². The van der Waals surface area contributed by atoms with E-state index < -0.39 is 34.4 Å². The summed E-state index contributed by atoms with van der Waals surface area (Å²) in [5.41, 5.74) is 2.14. The van der Waals surface area contributed by atoms with Crippen molar-refractivity contribution < 1.29 is 22.7 Å². The van der Waals surface area contributed by atoms with Gasteiger partial charge in [-0.3, -0.25) is 4.79 Å². The first-order valence-electron chi connectivity index (χ1n) is 8.82. The molecule has 0 spiro atoms. The molecule has 1 amide bonds. The van der Waals surface area contributed by atoms with Crippen molar-refractivity contribution in [3.05, 3.63) is 82.8 Å². The molecule has 1 aliphatic rings. The highest BCUT2D eigenvalue weighted by Gasteiger charge is 2.30. The number of carbonyl (C=O) groups excluding carboxylic acids is 2. The van der Waals surface area contributed by atoms with Gasteiger partial charge >= 0.3 is 5.97 Å². The van der Waals surface area contributed by atoms with Crippen molar-refractivity contribution in [1.29, 1.82) is 0 Å². The van der Waals surface area contributed by atoms with E-state index in [2.05, 4.69) is 0 Å². The van der Waals surface area contributed by atoms with Crippen molar-refractivity contribution in [2.75, 3.05) is 12.4 Å². The number of hydrogen-bond donors (Lipinski definition) is 0. The lowest BCUT2D eigenvalue weighted by atomic mass is 10.1. The van der Waals surface area contributed by atoms with Gasteiger partial charge in [-0.1, -0.05) is 48.0 Å². The minimum Gasteiger partial charge on any atom is -0.452 e. The fraction of sp³-hybridized carbons (Fsp3) is 0.238. The Kier molecular flexibility index (Phi) is 5.94. The van der Waals surface area contributed by atoms with Crippen LogP contribution in [-0.4, -0.2) is 43.6 Å². The van der Waals surface area contributed by atoms with Crippen LogP contribution in [0.2, 0.25) is 0 Å². The molecule has 0 saturated carbocycles. The van der Waals surface area contributed by atoms with E-state index in [0.29, 0.717) is 5.56 Å². The van der Waals surface area contributed by atoms with E-state index >= 15 is 0 Å². The largest absolute Gasteiger partial charge is 0.452 e. The van der Waals surface area contributed by atoms with E-state index in [4.69, 9.17) is 4.74 Å². The fourth-order valence-electron chi connectivity index (χ4n) is 2.99. The first-order valence-corrected chi connectivity index (χ1v) is 10.5. The quantitative estimate of drug-likeness (QED) is 0.697. The van der Waals surface area contributed by atoms with Crippen molar-refractivity contribution in [3.63, 3.8) is 0 Å². The Hall–Kier alpha value is -2.93. The van der Waals surface area contributed by atoms with Gasteiger partial charge in [0.15, 0.2) is 16.4 Å². The van der Waals surface area contributed by atoms with E-state index in [0.717, 1.165) is 16.5 Å². The Balaban J connectivity index is 1.71. The third kappa shape index (κ3) is 5.07. The van der Waals surface area contributed by atoms with Crippen LogP contribution >= 0.6 is 0 Å². The molecular formula is C21H21NO5S. The first kappa shape index (κ1) is 19.8. The predicted octanol–water partition coefficient (Wildman–Crippen LogP) is 2.49. The van der Waals surface area contributed by atoms with Gasteiger partial charge in [-0.2, -0.15) is 0 Å². The van der Waals surface area contributed by atoms with Gasteiger partial charge in [0.1, 0.15) is 0 Å². The van der Waals surface area contributed by atoms with Crippen LogP contribution < -0.4 is 0 Å². The average molecular weight is 399 g/mol. The molecule has 0 radical (unpaired) electrons. The summed E-state index contributed by atoms with van der Waals surface area (Å²) >= 11 is 0. The SMILES string of the molecule is Cc1cccc(C(=O)OCC(=O)N(Cc2ccccc2)[C@H]2C=CS(=O)(=O)C2)c1. The van der Waals surface area contributed by atoms with Crippen molar-refractivity contribution in [2.45, 2.75) is 19.5 Å². The van der Waals surface area contributed by atoms with Gasteiger partial charge in [0.2, 0.25) is 0 Å². The number of ether oxygens (including phenoxy) is 1. The zero-order valence-corrected chi connectivity index (χ0v) is 16.3. The third-order valence-corrected chi connectivity index (χ3v) is 5.79. The number of hydrogen-bond acceptors (Lipinski definition) is 5. The van der Waals surface area contributed by atoms with Crippen molar-refractivity contribution in [2.24, 2.45) is 0 Å². The summed E-state index contributed by atoms with van der Waals surface area (Å²) in [6, 6.07) is 15.6. The lowest BCUT2D eigenvalue weighted by Crippen LogP contribution is -2.42. The van der Waals surface area contributed by atoms with Gasteiger partial charge in [-0.05, 0) is 30.7 Å². The number of benzene rings is 2. The Morgan fingerprint density at radius 3 is 2.50 bits per heavy atom. The molecule has 0 saturated heterocycles. The molecule has 0 fully saturated rings. The standard InChI is InChI=1S/C21H21NO5S/c1-16-6-5-9-18(12-16)21(24)27-14-20(23)22(13-17-7-3-2-4-8-17)19-10-11-28(25,26)15-19/h2-12,19H,13-15H2,1H3/t19-/m0/s1. The number of rotatable bonds is 6. The van der Waals surface area contributed by atoms with Gasteiger partial charge in [-0.25, -0.2) is 13.2 Å². The molecule has 1 atom stereocenters. The summed E-state index contributed by atoms with van der Waals surface area (Å²) in [5, 5.41) is 1.13. The highest BCUT2D eigenvalue weighted by atomic mass is 32.2. The minimum atomic E-state index is -3.33. The van der Waals surface area contributed by atoms with Gasteiger partial charge in [-0.15, -0.1) is 0 Å². The second-order valence-corrected chi connectivity index (χ2v) is 8.61. The highest BCUT2D eigenvalue weighted by molar-refractivity contribution is 7.94. The summed E-state index contributed by atoms with van der Waals surface area (Å²) in [7, 11) is -3.33. The van der Waals surface area contributed by atoms with E-state index in [1.807, 2.05) is 43.3 Å². The van der Waals surface area contributed by atoms with Crippen LogP contribution in [0.1, 0.15) is 21.5 Å². The van der Waals surface area contributed by atoms with Crippen LogP contribution in [0.25, 0.3) is 0 Å². The molecule has 0 aliphatic carbocycles. The number of nitrogens with zero attached hydrogens (tertiary/aromatic N) is 1. The molecule has 3 rings (SSSR count). The van der Waals surface area contributed by atoms with Crippen LogP contribution in [0, 0.1) is 6.92 Å². The molecule has 0 unspecified atom stereocenters. The van der Waals surface area contributed by atoms with Gasteiger partial charge < -0.3 is 9.64 Å². The molecular weight excluding hydrogens is 378 g/mol. The molecule has 146 valence electrons. The highest BCUT2D eigenvalue weighted by Crippen LogP contribution is 2.18. The smallest absolute Gasteiger partial charge is 0.338 e. The maximum Gasteiger partial charge on any atom is 0.338 e. The summed E-state index contributed by atoms with van der Waals surface area (Å²) in [4.78, 5) is 26.4. The summed E-state index contributed by atoms with van der Waals surface area (Å²) in [6.45, 7) is 1.63. The fourth-order valence-corrected chi connectivity index (χ4v) is 4.29. The van der Waals surface area contributed by atoms with E-state index in [1.165, 1.54) is 11.0 Å². The monoisotopic (exact) mass is 399 g/mol.